The van der Waals surface area contributed by atoms with Crippen LogP contribution in [0.5, 0.6) is 0 Å². The number of nitrogens with one attached hydrogen (secondary N) is 1. The van der Waals surface area contributed by atoms with Crippen LogP contribution in [-0.4, -0.2) is 11.5 Å². The predicted molar refractivity (Wildman–Crippen MR) is 55.8 cm³/mol. The number of fused-ring (bicyclic) bond motifs is 1. The summed E-state index contributed by atoms with van der Waals surface area (Å²) in [4.78, 5) is 3.29. The van der Waals surface area contributed by atoms with E-state index >= 15 is 0 Å². The number of benzene rings is 1. The SMILES string of the molecule is Cc1c[nH]c2c(CCN)cccc12. The van der Waals surface area contributed by atoms with E-state index in [9.17, 15) is 0 Å². The lowest BCUT2D eigenvalue weighted by Crippen LogP contribution is -2.02. The van der Waals surface area contributed by atoms with E-state index < -0.39 is 0 Å². The Morgan fingerprint density at radius 1 is 1.38 bits per heavy atom. The van der Waals surface area contributed by atoms with E-state index in [1.165, 1.54) is 22.0 Å². The standard InChI is InChI=1S/C11H14N2/c1-8-7-13-11-9(5-6-12)3-2-4-10(8)11/h2-4,7,13H,5-6,12H2,1H3. The van der Waals surface area contributed by atoms with Gasteiger partial charge in [0.25, 0.3) is 0 Å². The summed E-state index contributed by atoms with van der Waals surface area (Å²) in [7, 11) is 0. The van der Waals surface area contributed by atoms with Crippen molar-refractivity contribution in [2.24, 2.45) is 5.73 Å². The minimum absolute atomic E-state index is 0.706. The normalized spacial score (nSPS) is 10.9. The summed E-state index contributed by atoms with van der Waals surface area (Å²) in [6, 6.07) is 6.36. The van der Waals surface area contributed by atoms with Crippen LogP contribution in [0.25, 0.3) is 10.9 Å². The lowest BCUT2D eigenvalue weighted by atomic mass is 10.1. The highest BCUT2D eigenvalue weighted by atomic mass is 14.7. The molecule has 0 saturated carbocycles. The van der Waals surface area contributed by atoms with Gasteiger partial charge in [-0.3, -0.25) is 0 Å². The fourth-order valence-electron chi connectivity index (χ4n) is 1.72. The van der Waals surface area contributed by atoms with Gasteiger partial charge in [0, 0.05) is 17.1 Å². The highest BCUT2D eigenvalue weighted by Crippen LogP contribution is 2.20. The quantitative estimate of drug-likeness (QED) is 0.718. The van der Waals surface area contributed by atoms with Gasteiger partial charge >= 0.3 is 0 Å². The first kappa shape index (κ1) is 8.32. The molecule has 2 rings (SSSR count). The summed E-state index contributed by atoms with van der Waals surface area (Å²) in [6.07, 6.45) is 2.99. The van der Waals surface area contributed by atoms with E-state index in [0.717, 1.165) is 6.42 Å². The van der Waals surface area contributed by atoms with Gasteiger partial charge in [0.05, 0.1) is 0 Å². The van der Waals surface area contributed by atoms with Gasteiger partial charge in [0.15, 0.2) is 0 Å². The number of aromatic amines is 1. The topological polar surface area (TPSA) is 41.8 Å². The Hall–Kier alpha value is -1.28. The minimum atomic E-state index is 0.706. The van der Waals surface area contributed by atoms with E-state index in [1.807, 2.05) is 6.20 Å². The van der Waals surface area contributed by atoms with Crippen LogP contribution in [0.3, 0.4) is 0 Å². The summed E-state index contributed by atoms with van der Waals surface area (Å²) in [5, 5.41) is 1.31. The van der Waals surface area contributed by atoms with Crippen LogP contribution in [0.1, 0.15) is 11.1 Å². The predicted octanol–water partition coefficient (Wildman–Crippen LogP) is 1.98. The van der Waals surface area contributed by atoms with Gasteiger partial charge < -0.3 is 10.7 Å². The van der Waals surface area contributed by atoms with Crippen molar-refractivity contribution < 1.29 is 0 Å². The Labute approximate surface area is 77.8 Å². The highest BCUT2D eigenvalue weighted by Gasteiger charge is 2.02. The molecule has 0 aliphatic carbocycles. The van der Waals surface area contributed by atoms with E-state index in [1.54, 1.807) is 0 Å². The zero-order chi connectivity index (χ0) is 9.26. The molecule has 13 heavy (non-hydrogen) atoms. The van der Waals surface area contributed by atoms with E-state index in [-0.39, 0.29) is 0 Å². The zero-order valence-corrected chi connectivity index (χ0v) is 7.80. The van der Waals surface area contributed by atoms with E-state index in [0.29, 0.717) is 6.54 Å². The van der Waals surface area contributed by atoms with Gasteiger partial charge in [-0.15, -0.1) is 0 Å². The number of aryl methyl sites for hydroxylation is 1. The molecule has 0 radical (unpaired) electrons. The molecule has 2 heteroatoms. The second-order valence-corrected chi connectivity index (χ2v) is 3.35. The van der Waals surface area contributed by atoms with E-state index in [2.05, 4.69) is 30.1 Å². The van der Waals surface area contributed by atoms with Crippen molar-refractivity contribution in [2.75, 3.05) is 6.54 Å². The van der Waals surface area contributed by atoms with Crippen LogP contribution in [0, 0.1) is 6.92 Å². The summed E-state index contributed by atoms with van der Waals surface area (Å²) < 4.78 is 0. The maximum atomic E-state index is 5.54. The first-order chi connectivity index (χ1) is 6.33. The molecule has 1 aromatic heterocycles. The Morgan fingerprint density at radius 2 is 2.23 bits per heavy atom. The molecular weight excluding hydrogens is 160 g/mol. The van der Waals surface area contributed by atoms with Crippen molar-refractivity contribution in [1.82, 2.24) is 4.98 Å². The molecule has 2 aromatic rings. The molecule has 2 nitrogen and oxygen atoms in total. The second-order valence-electron chi connectivity index (χ2n) is 3.35. The van der Waals surface area contributed by atoms with Crippen molar-refractivity contribution >= 4 is 10.9 Å². The number of aromatic nitrogens is 1. The minimum Gasteiger partial charge on any atom is -0.361 e. The van der Waals surface area contributed by atoms with Crippen molar-refractivity contribution in [3.63, 3.8) is 0 Å². The summed E-state index contributed by atoms with van der Waals surface area (Å²) in [6.45, 7) is 2.82. The molecule has 0 amide bonds. The number of nitrogens with two attached hydrogens (primary N) is 1. The summed E-state index contributed by atoms with van der Waals surface area (Å²) in [5.41, 5.74) is 9.40. The van der Waals surface area contributed by atoms with Gasteiger partial charge in [-0.05, 0) is 31.0 Å². The molecule has 0 bridgehead atoms. The van der Waals surface area contributed by atoms with Gasteiger partial charge in [0.2, 0.25) is 0 Å². The maximum Gasteiger partial charge on any atom is 0.0489 e. The molecule has 0 spiro atoms. The fourth-order valence-corrected chi connectivity index (χ4v) is 1.72. The molecule has 0 saturated heterocycles. The molecule has 1 heterocycles. The molecule has 3 N–H and O–H groups in total. The smallest absolute Gasteiger partial charge is 0.0489 e. The number of para-hydroxylation sites is 1. The van der Waals surface area contributed by atoms with Crippen LogP contribution in [0.4, 0.5) is 0 Å². The average molecular weight is 174 g/mol. The van der Waals surface area contributed by atoms with E-state index in [4.69, 9.17) is 5.73 Å². The van der Waals surface area contributed by atoms with Crippen LogP contribution in [0.2, 0.25) is 0 Å². The molecule has 0 fully saturated rings. The van der Waals surface area contributed by atoms with Crippen molar-refractivity contribution in [3.05, 3.63) is 35.5 Å². The molecule has 0 unspecified atom stereocenters. The molecule has 68 valence electrons. The monoisotopic (exact) mass is 174 g/mol. The number of rotatable bonds is 2. The van der Waals surface area contributed by atoms with Gasteiger partial charge in [0.1, 0.15) is 0 Å². The third kappa shape index (κ3) is 1.33. The highest BCUT2D eigenvalue weighted by molar-refractivity contribution is 5.85. The molecule has 0 atom stereocenters. The second kappa shape index (κ2) is 3.23. The largest absolute Gasteiger partial charge is 0.361 e. The first-order valence-corrected chi connectivity index (χ1v) is 4.58. The van der Waals surface area contributed by atoms with Crippen LogP contribution in [-0.2, 0) is 6.42 Å². The molecular formula is C11H14N2. The number of hydrogen-bond donors (Lipinski definition) is 2. The van der Waals surface area contributed by atoms with Crippen molar-refractivity contribution in [1.29, 1.82) is 0 Å². The number of H-pyrrole nitrogens is 1. The Morgan fingerprint density at radius 3 is 3.00 bits per heavy atom. The van der Waals surface area contributed by atoms with Gasteiger partial charge in [-0.25, -0.2) is 0 Å². The molecule has 0 aliphatic heterocycles. The molecule has 0 aliphatic rings. The maximum absolute atomic E-state index is 5.54. The van der Waals surface area contributed by atoms with Crippen molar-refractivity contribution in [3.8, 4) is 0 Å². The Bertz CT molecular complexity index is 415. The first-order valence-electron chi connectivity index (χ1n) is 4.58. The average Bonchev–Trinajstić information content (AvgIpc) is 2.50. The van der Waals surface area contributed by atoms with Gasteiger partial charge in [-0.2, -0.15) is 0 Å². The zero-order valence-electron chi connectivity index (χ0n) is 7.80. The van der Waals surface area contributed by atoms with Gasteiger partial charge in [-0.1, -0.05) is 18.2 Å². The Balaban J connectivity index is 2.63. The third-order valence-corrected chi connectivity index (χ3v) is 2.42. The number of hydrogen-bond acceptors (Lipinski definition) is 1. The lowest BCUT2D eigenvalue weighted by Gasteiger charge is -2.00. The summed E-state index contributed by atoms with van der Waals surface area (Å²) in [5.74, 6) is 0. The third-order valence-electron chi connectivity index (χ3n) is 2.42. The van der Waals surface area contributed by atoms with Crippen LogP contribution < -0.4 is 5.73 Å². The Kier molecular flexibility index (Phi) is 2.07. The van der Waals surface area contributed by atoms with Crippen molar-refractivity contribution in [2.45, 2.75) is 13.3 Å². The molecule has 1 aromatic carbocycles. The lowest BCUT2D eigenvalue weighted by molar-refractivity contribution is 0.974. The fraction of sp³-hybridized carbons (Fsp3) is 0.273. The van der Waals surface area contributed by atoms with Crippen LogP contribution >= 0.6 is 0 Å². The summed E-state index contributed by atoms with van der Waals surface area (Å²) >= 11 is 0. The van der Waals surface area contributed by atoms with Crippen LogP contribution in [0.15, 0.2) is 24.4 Å².